The molecular formula is C21H20NOP. The van der Waals surface area contributed by atoms with Gasteiger partial charge < -0.3 is 5.32 Å². The Hall–Kier alpha value is -2.44. The fourth-order valence-electron chi connectivity index (χ4n) is 2.54. The predicted octanol–water partition coefficient (Wildman–Crippen LogP) is 3.44. The first-order valence-corrected chi connectivity index (χ1v) is 9.54. The second kappa shape index (κ2) is 8.42. The minimum Gasteiger partial charge on any atom is -0.352 e. The minimum absolute atomic E-state index is 0.0951. The smallest absolute Gasteiger partial charge is 0.225 e. The Kier molecular flexibility index (Phi) is 5.76. The van der Waals surface area contributed by atoms with Gasteiger partial charge in [-0.3, -0.25) is 4.79 Å². The molecule has 3 aromatic carbocycles. The van der Waals surface area contributed by atoms with E-state index in [0.717, 1.165) is 5.56 Å². The first-order chi connectivity index (χ1) is 11.8. The van der Waals surface area contributed by atoms with E-state index in [0.29, 0.717) is 12.7 Å². The number of benzene rings is 3. The molecule has 0 saturated heterocycles. The zero-order valence-electron chi connectivity index (χ0n) is 13.4. The maximum atomic E-state index is 12.5. The molecule has 0 saturated carbocycles. The van der Waals surface area contributed by atoms with Gasteiger partial charge in [-0.15, -0.1) is 0 Å². The summed E-state index contributed by atoms with van der Waals surface area (Å²) >= 11 is 0. The van der Waals surface area contributed by atoms with Gasteiger partial charge in [0.1, 0.15) is 0 Å². The molecule has 2 nitrogen and oxygen atoms in total. The van der Waals surface area contributed by atoms with Gasteiger partial charge in [0.2, 0.25) is 5.91 Å². The molecule has 0 aliphatic heterocycles. The molecule has 0 aliphatic rings. The normalized spacial score (nSPS) is 10.5. The molecule has 1 N–H and O–H groups in total. The molecule has 0 bridgehead atoms. The summed E-state index contributed by atoms with van der Waals surface area (Å²) < 4.78 is 0. The van der Waals surface area contributed by atoms with Gasteiger partial charge in [0.15, 0.2) is 0 Å². The maximum absolute atomic E-state index is 12.5. The molecule has 1 amide bonds. The van der Waals surface area contributed by atoms with Gasteiger partial charge >= 0.3 is 0 Å². The van der Waals surface area contributed by atoms with E-state index in [-0.39, 0.29) is 5.91 Å². The Bertz CT molecular complexity index is 720. The van der Waals surface area contributed by atoms with E-state index in [1.165, 1.54) is 10.6 Å². The van der Waals surface area contributed by atoms with Crippen molar-refractivity contribution < 1.29 is 4.79 Å². The number of carbonyl (C=O) groups is 1. The second-order valence-corrected chi connectivity index (χ2v) is 7.72. The van der Waals surface area contributed by atoms with Gasteiger partial charge in [0.05, 0.1) is 6.16 Å². The lowest BCUT2D eigenvalue weighted by atomic mass is 10.2. The number of nitrogens with one attached hydrogen (secondary N) is 1. The Labute approximate surface area is 144 Å². The molecule has 120 valence electrons. The van der Waals surface area contributed by atoms with E-state index in [9.17, 15) is 4.79 Å². The van der Waals surface area contributed by atoms with E-state index >= 15 is 0 Å². The van der Waals surface area contributed by atoms with Crippen LogP contribution in [0, 0.1) is 0 Å². The van der Waals surface area contributed by atoms with Crippen molar-refractivity contribution in [2.75, 3.05) is 6.16 Å². The standard InChI is InChI=1S/C21H20NOP/c23-21(22-16-18-10-4-1-5-11-18)17-24(19-12-6-2-7-13-19)20-14-8-3-9-15-20/h1-15H,16-17H2,(H,22,23). The number of amides is 1. The molecule has 3 aromatic rings. The van der Waals surface area contributed by atoms with Crippen LogP contribution in [-0.2, 0) is 11.3 Å². The lowest BCUT2D eigenvalue weighted by molar-refractivity contribution is -0.118. The average molecular weight is 333 g/mol. The van der Waals surface area contributed by atoms with Crippen molar-refractivity contribution in [2.24, 2.45) is 0 Å². The van der Waals surface area contributed by atoms with Crippen LogP contribution in [-0.4, -0.2) is 12.1 Å². The average Bonchev–Trinajstić information content (AvgIpc) is 2.67. The first-order valence-electron chi connectivity index (χ1n) is 8.01. The first kappa shape index (κ1) is 16.4. The lowest BCUT2D eigenvalue weighted by Crippen LogP contribution is -2.28. The molecule has 0 atom stereocenters. The molecule has 24 heavy (non-hydrogen) atoms. The van der Waals surface area contributed by atoms with E-state index < -0.39 is 7.92 Å². The Morgan fingerprint density at radius 1 is 0.708 bits per heavy atom. The third kappa shape index (κ3) is 4.53. The largest absolute Gasteiger partial charge is 0.352 e. The molecule has 0 unspecified atom stereocenters. The number of carbonyl (C=O) groups excluding carboxylic acids is 1. The van der Waals surface area contributed by atoms with Crippen LogP contribution in [0.2, 0.25) is 0 Å². The second-order valence-electron chi connectivity index (χ2n) is 5.52. The molecule has 0 radical (unpaired) electrons. The highest BCUT2D eigenvalue weighted by molar-refractivity contribution is 7.73. The quantitative estimate of drug-likeness (QED) is 0.688. The van der Waals surface area contributed by atoms with Crippen molar-refractivity contribution in [1.82, 2.24) is 5.32 Å². The molecular weight excluding hydrogens is 313 g/mol. The summed E-state index contributed by atoms with van der Waals surface area (Å²) in [6.45, 7) is 0.576. The van der Waals surface area contributed by atoms with Crippen molar-refractivity contribution in [2.45, 2.75) is 6.54 Å². The summed E-state index contributed by atoms with van der Waals surface area (Å²) in [5, 5.41) is 5.51. The van der Waals surface area contributed by atoms with Crippen LogP contribution >= 0.6 is 7.92 Å². The maximum Gasteiger partial charge on any atom is 0.225 e. The van der Waals surface area contributed by atoms with Crippen molar-refractivity contribution >= 4 is 24.4 Å². The third-order valence-electron chi connectivity index (χ3n) is 3.77. The summed E-state index contributed by atoms with van der Waals surface area (Å²) in [6.07, 6.45) is 0.510. The lowest BCUT2D eigenvalue weighted by Gasteiger charge is -2.18. The summed E-state index contributed by atoms with van der Waals surface area (Å²) in [4.78, 5) is 12.5. The molecule has 0 fully saturated rings. The van der Waals surface area contributed by atoms with E-state index in [1.807, 2.05) is 66.7 Å². The highest BCUT2D eigenvalue weighted by Crippen LogP contribution is 2.32. The Morgan fingerprint density at radius 3 is 1.67 bits per heavy atom. The van der Waals surface area contributed by atoms with E-state index in [2.05, 4.69) is 29.6 Å². The highest BCUT2D eigenvalue weighted by atomic mass is 31.1. The van der Waals surface area contributed by atoms with Crippen molar-refractivity contribution in [3.8, 4) is 0 Å². The summed E-state index contributed by atoms with van der Waals surface area (Å²) in [6, 6.07) is 30.6. The third-order valence-corrected chi connectivity index (χ3v) is 6.22. The van der Waals surface area contributed by atoms with Crippen molar-refractivity contribution in [3.63, 3.8) is 0 Å². The summed E-state index contributed by atoms with van der Waals surface area (Å²) in [5.74, 6) is 0.0951. The molecule has 0 aromatic heterocycles. The zero-order valence-corrected chi connectivity index (χ0v) is 14.3. The van der Waals surface area contributed by atoms with Crippen molar-refractivity contribution in [1.29, 1.82) is 0 Å². The molecule has 3 heteroatoms. The van der Waals surface area contributed by atoms with E-state index in [4.69, 9.17) is 0 Å². The number of rotatable bonds is 6. The van der Waals surface area contributed by atoms with Gasteiger partial charge in [-0.05, 0) is 24.1 Å². The fraction of sp³-hybridized carbons (Fsp3) is 0.0952. The monoisotopic (exact) mass is 333 g/mol. The van der Waals surface area contributed by atoms with Crippen LogP contribution in [0.4, 0.5) is 0 Å². The summed E-state index contributed by atoms with van der Waals surface area (Å²) in [5.41, 5.74) is 1.12. The van der Waals surface area contributed by atoms with Gasteiger partial charge in [-0.1, -0.05) is 91.0 Å². The molecule has 3 rings (SSSR count). The van der Waals surface area contributed by atoms with Crippen LogP contribution in [0.5, 0.6) is 0 Å². The van der Waals surface area contributed by atoms with Crippen molar-refractivity contribution in [3.05, 3.63) is 96.6 Å². The zero-order chi connectivity index (χ0) is 16.6. The predicted molar refractivity (Wildman–Crippen MR) is 102 cm³/mol. The Morgan fingerprint density at radius 2 is 1.17 bits per heavy atom. The van der Waals surface area contributed by atoms with Crippen LogP contribution in [0.3, 0.4) is 0 Å². The van der Waals surface area contributed by atoms with Gasteiger partial charge in [-0.25, -0.2) is 0 Å². The van der Waals surface area contributed by atoms with Gasteiger partial charge in [0.25, 0.3) is 0 Å². The van der Waals surface area contributed by atoms with Gasteiger partial charge in [0, 0.05) is 6.54 Å². The van der Waals surface area contributed by atoms with E-state index in [1.54, 1.807) is 0 Å². The topological polar surface area (TPSA) is 29.1 Å². The van der Waals surface area contributed by atoms with Gasteiger partial charge in [-0.2, -0.15) is 0 Å². The van der Waals surface area contributed by atoms with Crippen LogP contribution < -0.4 is 15.9 Å². The molecule has 0 heterocycles. The minimum atomic E-state index is -0.683. The molecule has 0 aliphatic carbocycles. The SMILES string of the molecule is O=C(CP(c1ccccc1)c1ccccc1)NCc1ccccc1. The number of hydrogen-bond donors (Lipinski definition) is 1. The van der Waals surface area contributed by atoms with Crippen LogP contribution in [0.1, 0.15) is 5.56 Å². The Balaban J connectivity index is 1.71. The fourth-order valence-corrected chi connectivity index (χ4v) is 4.67. The van der Waals surface area contributed by atoms with Crippen LogP contribution in [0.15, 0.2) is 91.0 Å². The highest BCUT2D eigenvalue weighted by Gasteiger charge is 2.17. The van der Waals surface area contributed by atoms with Crippen LogP contribution in [0.25, 0.3) is 0 Å². The number of hydrogen-bond acceptors (Lipinski definition) is 1. The molecule has 0 spiro atoms. The summed E-state index contributed by atoms with van der Waals surface area (Å²) in [7, 11) is -0.683.